The summed E-state index contributed by atoms with van der Waals surface area (Å²) in [7, 11) is 1.26. The molecule has 4 aliphatic carbocycles. The molecule has 0 radical (unpaired) electrons. The van der Waals surface area contributed by atoms with Crippen LogP contribution in [0.1, 0.15) is 58.8 Å². The monoisotopic (exact) mass is 422 g/mol. The van der Waals surface area contributed by atoms with Gasteiger partial charge in [-0.25, -0.2) is 4.79 Å². The summed E-state index contributed by atoms with van der Waals surface area (Å²) in [6.45, 7) is 3.10. The van der Waals surface area contributed by atoms with Gasteiger partial charge in [0, 0.05) is 5.41 Å². The molecule has 8 heteroatoms. The summed E-state index contributed by atoms with van der Waals surface area (Å²) >= 11 is 0. The molecule has 0 aromatic rings. The summed E-state index contributed by atoms with van der Waals surface area (Å²) in [4.78, 5) is 48.7. The van der Waals surface area contributed by atoms with E-state index in [4.69, 9.17) is 9.47 Å². The molecule has 8 nitrogen and oxygen atoms in total. The van der Waals surface area contributed by atoms with Crippen molar-refractivity contribution in [3.63, 3.8) is 0 Å². The highest BCUT2D eigenvalue weighted by molar-refractivity contribution is 5.88. The zero-order valence-electron chi connectivity index (χ0n) is 18.2. The molecule has 30 heavy (non-hydrogen) atoms. The van der Waals surface area contributed by atoms with Crippen LogP contribution in [0.4, 0.5) is 0 Å². The topological polar surface area (TPSA) is 111 Å². The smallest absolute Gasteiger partial charge is 0.328 e. The molecule has 0 heterocycles. The zero-order chi connectivity index (χ0) is 21.9. The molecule has 4 aliphatic rings. The molecule has 4 bridgehead atoms. The van der Waals surface area contributed by atoms with Crippen molar-refractivity contribution in [1.29, 1.82) is 0 Å². The highest BCUT2D eigenvalue weighted by atomic mass is 16.5. The number of amides is 2. The lowest BCUT2D eigenvalue weighted by Gasteiger charge is -2.55. The third kappa shape index (κ3) is 5.32. The maximum atomic E-state index is 12.8. The van der Waals surface area contributed by atoms with Gasteiger partial charge in [-0.1, -0.05) is 13.8 Å². The van der Waals surface area contributed by atoms with Gasteiger partial charge < -0.3 is 20.1 Å². The van der Waals surface area contributed by atoms with Crippen molar-refractivity contribution in [2.45, 2.75) is 64.8 Å². The third-order valence-electron chi connectivity index (χ3n) is 6.81. The number of hydrogen-bond donors (Lipinski definition) is 2. The highest BCUT2D eigenvalue weighted by Gasteiger charge is 2.54. The van der Waals surface area contributed by atoms with E-state index in [1.807, 2.05) is 13.8 Å². The lowest BCUT2D eigenvalue weighted by molar-refractivity contribution is -0.153. The van der Waals surface area contributed by atoms with Crippen molar-refractivity contribution in [2.24, 2.45) is 29.1 Å². The molecule has 2 N–H and O–H groups in total. The Kier molecular flexibility index (Phi) is 7.03. The maximum Gasteiger partial charge on any atom is 0.328 e. The van der Waals surface area contributed by atoms with Gasteiger partial charge in [-0.15, -0.1) is 0 Å². The number of carbonyl (C=O) groups excluding carboxylic acids is 4. The van der Waals surface area contributed by atoms with E-state index in [0.29, 0.717) is 24.2 Å². The Balaban J connectivity index is 1.41. The second-order valence-electron chi connectivity index (χ2n) is 9.81. The highest BCUT2D eigenvalue weighted by Crippen LogP contribution is 2.60. The maximum absolute atomic E-state index is 12.8. The van der Waals surface area contributed by atoms with Crippen LogP contribution in [0, 0.1) is 29.1 Å². The first kappa shape index (κ1) is 22.6. The summed E-state index contributed by atoms with van der Waals surface area (Å²) in [5, 5.41) is 5.27. The molecule has 1 atom stereocenters. The Hall–Kier alpha value is -2.12. The number of nitrogens with one attached hydrogen (secondary N) is 2. The standard InChI is InChI=1S/C22H34N2O6/c1-13(2)4-17(20(27)29-3)24-18(25)12-30-19(26)11-23-21(28)22-8-14-5-15(9-22)7-16(6-14)10-22/h13-17H,4-12H2,1-3H3,(H,23,28)(H,24,25). The Morgan fingerprint density at radius 3 is 2.07 bits per heavy atom. The minimum Gasteiger partial charge on any atom is -0.467 e. The molecule has 1 unspecified atom stereocenters. The molecule has 0 aliphatic heterocycles. The molecule has 168 valence electrons. The van der Waals surface area contributed by atoms with Crippen molar-refractivity contribution >= 4 is 23.8 Å². The second kappa shape index (κ2) is 9.35. The summed E-state index contributed by atoms with van der Waals surface area (Å²) < 4.78 is 9.67. The number of esters is 2. The van der Waals surface area contributed by atoms with Gasteiger partial charge in [0.15, 0.2) is 6.61 Å². The Morgan fingerprint density at radius 2 is 1.57 bits per heavy atom. The van der Waals surface area contributed by atoms with Gasteiger partial charge in [-0.2, -0.15) is 0 Å². The summed E-state index contributed by atoms with van der Waals surface area (Å²) in [6, 6.07) is -0.781. The lowest BCUT2D eigenvalue weighted by Crippen LogP contribution is -2.54. The third-order valence-corrected chi connectivity index (χ3v) is 6.81. The summed E-state index contributed by atoms with van der Waals surface area (Å²) in [6.07, 6.45) is 6.92. The van der Waals surface area contributed by atoms with Crippen LogP contribution in [0.3, 0.4) is 0 Å². The lowest BCUT2D eigenvalue weighted by atomic mass is 9.49. The normalized spacial score (nSPS) is 29.9. The van der Waals surface area contributed by atoms with E-state index in [9.17, 15) is 19.2 Å². The van der Waals surface area contributed by atoms with Crippen molar-refractivity contribution in [2.75, 3.05) is 20.3 Å². The van der Waals surface area contributed by atoms with Crippen LogP contribution >= 0.6 is 0 Å². The van der Waals surface area contributed by atoms with Crippen LogP contribution in [0.15, 0.2) is 0 Å². The van der Waals surface area contributed by atoms with Crippen LogP contribution in [-0.4, -0.2) is 50.1 Å². The van der Waals surface area contributed by atoms with Crippen LogP contribution in [-0.2, 0) is 28.7 Å². The van der Waals surface area contributed by atoms with E-state index in [1.54, 1.807) is 0 Å². The molecular weight excluding hydrogens is 388 g/mol. The van der Waals surface area contributed by atoms with Crippen LogP contribution in [0.5, 0.6) is 0 Å². The van der Waals surface area contributed by atoms with Crippen LogP contribution in [0.2, 0.25) is 0 Å². The minimum atomic E-state index is -0.781. The average molecular weight is 423 g/mol. The molecular formula is C22H34N2O6. The SMILES string of the molecule is COC(=O)C(CC(C)C)NC(=O)COC(=O)CNC(=O)C12CC3CC(CC(C3)C1)C2. The predicted molar refractivity (Wildman–Crippen MR) is 108 cm³/mol. The first-order chi connectivity index (χ1) is 14.2. The minimum absolute atomic E-state index is 0.0503. The van der Waals surface area contributed by atoms with E-state index >= 15 is 0 Å². The fraction of sp³-hybridized carbons (Fsp3) is 0.818. The van der Waals surface area contributed by atoms with Crippen molar-refractivity contribution in [3.05, 3.63) is 0 Å². The van der Waals surface area contributed by atoms with Crippen LogP contribution in [0.25, 0.3) is 0 Å². The van der Waals surface area contributed by atoms with E-state index in [-0.39, 0.29) is 23.8 Å². The molecule has 0 aromatic heterocycles. The van der Waals surface area contributed by atoms with Gasteiger partial charge in [0.25, 0.3) is 5.91 Å². The first-order valence-electron chi connectivity index (χ1n) is 11.0. The van der Waals surface area contributed by atoms with Crippen molar-refractivity contribution < 1.29 is 28.7 Å². The van der Waals surface area contributed by atoms with Crippen molar-refractivity contribution in [3.8, 4) is 0 Å². The fourth-order valence-electron chi connectivity index (χ4n) is 5.99. The van der Waals surface area contributed by atoms with Gasteiger partial charge in [-0.3, -0.25) is 14.4 Å². The molecule has 0 aromatic carbocycles. The van der Waals surface area contributed by atoms with Crippen molar-refractivity contribution in [1.82, 2.24) is 10.6 Å². The van der Waals surface area contributed by atoms with E-state index in [1.165, 1.54) is 26.4 Å². The number of ether oxygens (including phenoxy) is 2. The molecule has 0 spiro atoms. The summed E-state index contributed by atoms with van der Waals surface area (Å²) in [5.41, 5.74) is -0.322. The number of carbonyl (C=O) groups is 4. The Morgan fingerprint density at radius 1 is 1.00 bits per heavy atom. The molecule has 4 rings (SSSR count). The average Bonchev–Trinajstić information content (AvgIpc) is 2.67. The fourth-order valence-corrected chi connectivity index (χ4v) is 5.99. The zero-order valence-corrected chi connectivity index (χ0v) is 18.2. The van der Waals surface area contributed by atoms with E-state index in [2.05, 4.69) is 10.6 Å². The Bertz CT molecular complexity index is 654. The van der Waals surface area contributed by atoms with Gasteiger partial charge in [0.05, 0.1) is 7.11 Å². The quantitative estimate of drug-likeness (QED) is 0.546. The number of rotatable bonds is 9. The first-order valence-corrected chi connectivity index (χ1v) is 11.0. The van der Waals surface area contributed by atoms with E-state index in [0.717, 1.165) is 19.3 Å². The molecule has 0 saturated heterocycles. The number of hydrogen-bond acceptors (Lipinski definition) is 6. The van der Waals surface area contributed by atoms with Crippen LogP contribution < -0.4 is 10.6 Å². The molecule has 4 saturated carbocycles. The van der Waals surface area contributed by atoms with Gasteiger partial charge in [0.2, 0.25) is 5.91 Å². The predicted octanol–water partition coefficient (Wildman–Crippen LogP) is 1.57. The van der Waals surface area contributed by atoms with Gasteiger partial charge in [0.1, 0.15) is 12.6 Å². The van der Waals surface area contributed by atoms with Gasteiger partial charge >= 0.3 is 11.9 Å². The molecule has 2 amide bonds. The summed E-state index contributed by atoms with van der Waals surface area (Å²) in [5.74, 6) is 0.283. The van der Waals surface area contributed by atoms with E-state index < -0.39 is 30.5 Å². The van der Waals surface area contributed by atoms with Gasteiger partial charge in [-0.05, 0) is 68.6 Å². The molecule has 4 fully saturated rings. The second-order valence-corrected chi connectivity index (χ2v) is 9.81. The number of methoxy groups -OCH3 is 1. The Labute approximate surface area is 177 Å². The largest absolute Gasteiger partial charge is 0.467 e.